The molecule has 2 aromatic rings. The lowest BCUT2D eigenvalue weighted by molar-refractivity contribution is -0.139. The van der Waals surface area contributed by atoms with Crippen LogP contribution in [0.4, 0.5) is 5.69 Å². The molecule has 2 rings (SSSR count). The fourth-order valence-corrected chi connectivity index (χ4v) is 4.72. The topological polar surface area (TPSA) is 86.8 Å². The molecule has 0 aliphatic carbocycles. The van der Waals surface area contributed by atoms with E-state index in [0.29, 0.717) is 21.3 Å². The second-order valence-electron chi connectivity index (χ2n) is 8.35. The average molecular weight is 529 g/mol. The van der Waals surface area contributed by atoms with Crippen molar-refractivity contribution in [3.05, 3.63) is 63.6 Å². The minimum absolute atomic E-state index is 0.0591. The van der Waals surface area contributed by atoms with Crippen LogP contribution in [0.1, 0.15) is 38.8 Å². The Hall–Kier alpha value is -2.29. The first kappa shape index (κ1) is 28.0. The van der Waals surface area contributed by atoms with E-state index in [2.05, 4.69) is 5.32 Å². The lowest BCUT2D eigenvalue weighted by Crippen LogP contribution is -2.52. The first-order valence-corrected chi connectivity index (χ1v) is 13.5. The van der Waals surface area contributed by atoms with E-state index in [4.69, 9.17) is 23.2 Å². The summed E-state index contributed by atoms with van der Waals surface area (Å²) >= 11 is 12.6. The van der Waals surface area contributed by atoms with E-state index < -0.39 is 28.5 Å². The van der Waals surface area contributed by atoms with Gasteiger partial charge in [0.05, 0.1) is 11.9 Å². The van der Waals surface area contributed by atoms with Gasteiger partial charge in [0, 0.05) is 28.2 Å². The number of sulfonamides is 1. The van der Waals surface area contributed by atoms with Gasteiger partial charge in [0.15, 0.2) is 0 Å². The zero-order chi connectivity index (χ0) is 25.6. The van der Waals surface area contributed by atoms with Crippen LogP contribution in [0.5, 0.6) is 0 Å². The number of nitrogens with one attached hydrogen (secondary N) is 1. The third-order valence-corrected chi connectivity index (χ3v) is 7.15. The molecule has 2 aromatic carbocycles. The van der Waals surface area contributed by atoms with Gasteiger partial charge >= 0.3 is 0 Å². The van der Waals surface area contributed by atoms with Crippen molar-refractivity contribution in [1.29, 1.82) is 0 Å². The Kier molecular flexibility index (Phi) is 9.79. The summed E-state index contributed by atoms with van der Waals surface area (Å²) in [6.07, 6.45) is 1.84. The minimum Gasteiger partial charge on any atom is -0.352 e. The summed E-state index contributed by atoms with van der Waals surface area (Å²) in [5.41, 5.74) is 1.88. The number of anilines is 1. The molecule has 0 heterocycles. The monoisotopic (exact) mass is 527 g/mol. The van der Waals surface area contributed by atoms with Gasteiger partial charge in [0.25, 0.3) is 0 Å². The lowest BCUT2D eigenvalue weighted by atomic mass is 10.1. The summed E-state index contributed by atoms with van der Waals surface area (Å²) in [6, 6.07) is 10.9. The standard InChI is InChI=1S/C24H31Cl2N3O4S/c1-6-18-10-12-19(13-11-18)29(34(5,32)33)15-23(30)28(17(4)24(31)27-16(2)3)14-20-21(25)8-7-9-22(20)26/h7-13,16-17H,6,14-15H2,1-5H3,(H,27,31)/t17-/m0/s1. The molecule has 0 radical (unpaired) electrons. The zero-order valence-corrected chi connectivity index (χ0v) is 22.3. The van der Waals surface area contributed by atoms with Gasteiger partial charge in [-0.1, -0.05) is 48.3 Å². The molecule has 0 spiro atoms. The molecule has 1 atom stereocenters. The highest BCUT2D eigenvalue weighted by molar-refractivity contribution is 7.92. The second kappa shape index (κ2) is 11.9. The Morgan fingerprint density at radius 2 is 1.56 bits per heavy atom. The molecular weight excluding hydrogens is 497 g/mol. The van der Waals surface area contributed by atoms with Gasteiger partial charge in [0.2, 0.25) is 21.8 Å². The van der Waals surface area contributed by atoms with Crippen LogP contribution in [0, 0.1) is 0 Å². The van der Waals surface area contributed by atoms with E-state index in [0.717, 1.165) is 22.5 Å². The first-order valence-electron chi connectivity index (χ1n) is 10.9. The summed E-state index contributed by atoms with van der Waals surface area (Å²) < 4.78 is 26.2. The minimum atomic E-state index is -3.79. The van der Waals surface area contributed by atoms with Crippen LogP contribution in [-0.4, -0.2) is 50.0 Å². The summed E-state index contributed by atoms with van der Waals surface area (Å²) in [6.45, 7) is 6.66. The van der Waals surface area contributed by atoms with Crippen molar-refractivity contribution in [3.8, 4) is 0 Å². The van der Waals surface area contributed by atoms with Gasteiger partial charge in [-0.2, -0.15) is 0 Å². The molecule has 0 saturated carbocycles. The SMILES string of the molecule is CCc1ccc(N(CC(=O)N(Cc2c(Cl)cccc2Cl)[C@@H](C)C(=O)NC(C)C)S(C)(=O)=O)cc1. The molecule has 0 fully saturated rings. The third kappa shape index (κ3) is 7.35. The van der Waals surface area contributed by atoms with Crippen LogP contribution < -0.4 is 9.62 Å². The molecule has 0 unspecified atom stereocenters. The molecule has 34 heavy (non-hydrogen) atoms. The van der Waals surface area contributed by atoms with Crippen LogP contribution in [0.15, 0.2) is 42.5 Å². The van der Waals surface area contributed by atoms with Crippen molar-refractivity contribution in [2.24, 2.45) is 0 Å². The molecule has 2 amide bonds. The van der Waals surface area contributed by atoms with E-state index in [1.54, 1.807) is 37.3 Å². The highest BCUT2D eigenvalue weighted by Crippen LogP contribution is 2.27. The van der Waals surface area contributed by atoms with Crippen LogP contribution in [0.3, 0.4) is 0 Å². The Labute approximate surface area is 212 Å². The molecule has 0 bridgehead atoms. The van der Waals surface area contributed by atoms with Crippen LogP contribution in [0.2, 0.25) is 10.0 Å². The summed E-state index contributed by atoms with van der Waals surface area (Å²) in [5.74, 6) is -0.933. The van der Waals surface area contributed by atoms with E-state index in [1.807, 2.05) is 32.9 Å². The molecule has 0 aliphatic rings. The molecule has 7 nitrogen and oxygen atoms in total. The van der Waals surface area contributed by atoms with Crippen molar-refractivity contribution < 1.29 is 18.0 Å². The maximum atomic E-state index is 13.5. The predicted molar refractivity (Wildman–Crippen MR) is 138 cm³/mol. The van der Waals surface area contributed by atoms with Crippen molar-refractivity contribution in [2.75, 3.05) is 17.1 Å². The molecule has 186 valence electrons. The number of carbonyl (C=O) groups excluding carboxylic acids is 2. The van der Waals surface area contributed by atoms with Gasteiger partial charge in [-0.3, -0.25) is 13.9 Å². The number of hydrogen-bond acceptors (Lipinski definition) is 4. The molecule has 0 aliphatic heterocycles. The zero-order valence-electron chi connectivity index (χ0n) is 20.0. The van der Waals surface area contributed by atoms with Gasteiger partial charge in [-0.05, 0) is 57.0 Å². The Morgan fingerprint density at radius 3 is 2.03 bits per heavy atom. The Morgan fingerprint density at radius 1 is 1.00 bits per heavy atom. The summed E-state index contributed by atoms with van der Waals surface area (Å²) in [4.78, 5) is 27.6. The Balaban J connectivity index is 2.44. The van der Waals surface area contributed by atoms with E-state index in [9.17, 15) is 18.0 Å². The second-order valence-corrected chi connectivity index (χ2v) is 11.1. The van der Waals surface area contributed by atoms with E-state index in [1.165, 1.54) is 4.90 Å². The van der Waals surface area contributed by atoms with Gasteiger partial charge in [-0.15, -0.1) is 0 Å². The number of hydrogen-bond donors (Lipinski definition) is 1. The van der Waals surface area contributed by atoms with Crippen LogP contribution >= 0.6 is 23.2 Å². The smallest absolute Gasteiger partial charge is 0.244 e. The molecule has 10 heteroatoms. The maximum absolute atomic E-state index is 13.5. The van der Waals surface area contributed by atoms with Crippen molar-refractivity contribution >= 4 is 50.7 Å². The lowest BCUT2D eigenvalue weighted by Gasteiger charge is -2.32. The quantitative estimate of drug-likeness (QED) is 0.499. The first-order chi connectivity index (χ1) is 15.8. The number of benzene rings is 2. The third-order valence-electron chi connectivity index (χ3n) is 5.30. The van der Waals surface area contributed by atoms with Crippen molar-refractivity contribution in [3.63, 3.8) is 0 Å². The average Bonchev–Trinajstić information content (AvgIpc) is 2.75. The van der Waals surface area contributed by atoms with Crippen molar-refractivity contribution in [1.82, 2.24) is 10.2 Å². The van der Waals surface area contributed by atoms with Crippen LogP contribution in [0.25, 0.3) is 0 Å². The van der Waals surface area contributed by atoms with E-state index >= 15 is 0 Å². The van der Waals surface area contributed by atoms with E-state index in [-0.39, 0.29) is 18.5 Å². The molecular formula is C24H31Cl2N3O4S. The van der Waals surface area contributed by atoms with Gasteiger partial charge < -0.3 is 10.2 Å². The van der Waals surface area contributed by atoms with Crippen molar-refractivity contribution in [2.45, 2.75) is 52.7 Å². The van der Waals surface area contributed by atoms with Gasteiger partial charge in [0.1, 0.15) is 12.6 Å². The number of rotatable bonds is 10. The predicted octanol–water partition coefficient (Wildman–Crippen LogP) is 4.26. The number of aryl methyl sites for hydroxylation is 1. The maximum Gasteiger partial charge on any atom is 0.244 e. The molecule has 1 N–H and O–H groups in total. The number of amides is 2. The normalized spacial score (nSPS) is 12.4. The fourth-order valence-electron chi connectivity index (χ4n) is 3.35. The number of nitrogens with zero attached hydrogens (tertiary/aromatic N) is 2. The van der Waals surface area contributed by atoms with Gasteiger partial charge in [-0.25, -0.2) is 8.42 Å². The molecule has 0 aromatic heterocycles. The molecule has 0 saturated heterocycles. The highest BCUT2D eigenvalue weighted by atomic mass is 35.5. The van der Waals surface area contributed by atoms with Crippen LogP contribution in [-0.2, 0) is 32.6 Å². The largest absolute Gasteiger partial charge is 0.352 e. The summed E-state index contributed by atoms with van der Waals surface area (Å²) in [5, 5.41) is 3.48. The fraction of sp³-hybridized carbons (Fsp3) is 0.417. The Bertz CT molecular complexity index is 1100. The summed E-state index contributed by atoms with van der Waals surface area (Å²) in [7, 11) is -3.79. The number of carbonyl (C=O) groups is 2. The number of halogens is 2. The highest BCUT2D eigenvalue weighted by Gasteiger charge is 2.31.